The van der Waals surface area contributed by atoms with Gasteiger partial charge in [0.1, 0.15) is 5.82 Å². The summed E-state index contributed by atoms with van der Waals surface area (Å²) in [7, 11) is 0. The molecule has 5 nitrogen and oxygen atoms in total. The molecule has 0 aliphatic rings. The third-order valence-corrected chi connectivity index (χ3v) is 2.31. The van der Waals surface area contributed by atoms with Crippen molar-refractivity contribution in [2.24, 2.45) is 16.5 Å². The molecule has 4 N–H and O–H groups in total. The molecule has 0 fully saturated rings. The van der Waals surface area contributed by atoms with Gasteiger partial charge < -0.3 is 11.5 Å². The minimum Gasteiger partial charge on any atom is -0.370 e. The Kier molecular flexibility index (Phi) is 4.77. The van der Waals surface area contributed by atoms with Gasteiger partial charge in [-0.1, -0.05) is 0 Å². The molecule has 0 saturated heterocycles. The Hall–Kier alpha value is -1.30. The molecule has 0 aliphatic heterocycles. The van der Waals surface area contributed by atoms with E-state index < -0.39 is 0 Å². The Bertz CT molecular complexity index is 283. The highest BCUT2D eigenvalue weighted by molar-refractivity contribution is 7.98. The molecule has 0 bridgehead atoms. The number of nitrogens with zero attached hydrogens (tertiary/aromatic N) is 3. The van der Waals surface area contributed by atoms with E-state index in [1.54, 1.807) is 30.2 Å². The van der Waals surface area contributed by atoms with Crippen molar-refractivity contribution in [3.05, 3.63) is 24.3 Å². The van der Waals surface area contributed by atoms with E-state index in [1.807, 2.05) is 0 Å². The summed E-state index contributed by atoms with van der Waals surface area (Å²) in [5.41, 5.74) is 10.4. The van der Waals surface area contributed by atoms with Gasteiger partial charge in [0.15, 0.2) is 5.96 Å². The van der Waals surface area contributed by atoms with Gasteiger partial charge in [-0.25, -0.2) is 9.97 Å². The number of thioether (sulfide) groups is 1. The van der Waals surface area contributed by atoms with Crippen LogP contribution < -0.4 is 11.5 Å². The van der Waals surface area contributed by atoms with Gasteiger partial charge in [0.2, 0.25) is 0 Å². The lowest BCUT2D eigenvalue weighted by Crippen LogP contribution is -2.23. The van der Waals surface area contributed by atoms with E-state index in [-0.39, 0.29) is 5.96 Å². The Labute approximate surface area is 87.0 Å². The van der Waals surface area contributed by atoms with Gasteiger partial charge in [0.25, 0.3) is 0 Å². The van der Waals surface area contributed by atoms with Crippen LogP contribution in [0.4, 0.5) is 0 Å². The third-order valence-electron chi connectivity index (χ3n) is 1.38. The highest BCUT2D eigenvalue weighted by atomic mass is 32.2. The Morgan fingerprint density at radius 2 is 2.07 bits per heavy atom. The van der Waals surface area contributed by atoms with Crippen LogP contribution in [0.15, 0.2) is 23.5 Å². The molecule has 76 valence electrons. The summed E-state index contributed by atoms with van der Waals surface area (Å²) in [6.45, 7) is 0.639. The van der Waals surface area contributed by atoms with Crippen molar-refractivity contribution in [1.29, 1.82) is 0 Å². The fourth-order valence-electron chi connectivity index (χ4n) is 0.807. The van der Waals surface area contributed by atoms with Gasteiger partial charge in [-0.3, -0.25) is 4.99 Å². The Morgan fingerprint density at radius 3 is 2.71 bits per heavy atom. The average Bonchev–Trinajstić information content (AvgIpc) is 2.18. The van der Waals surface area contributed by atoms with Gasteiger partial charge in [-0.05, 0) is 6.07 Å². The highest BCUT2D eigenvalue weighted by Crippen LogP contribution is 2.06. The summed E-state index contributed by atoms with van der Waals surface area (Å²) in [4.78, 5) is 12.1. The fourth-order valence-corrected chi connectivity index (χ4v) is 1.50. The SMILES string of the molecule is NC(N)=NCCSCc1ncccn1. The van der Waals surface area contributed by atoms with Crippen molar-refractivity contribution in [1.82, 2.24) is 9.97 Å². The number of hydrogen-bond acceptors (Lipinski definition) is 4. The maximum absolute atomic E-state index is 5.18. The number of aliphatic imine (C=N–C) groups is 1. The van der Waals surface area contributed by atoms with Gasteiger partial charge in [-0.15, -0.1) is 0 Å². The summed E-state index contributed by atoms with van der Waals surface area (Å²) in [5, 5.41) is 0. The third kappa shape index (κ3) is 4.66. The lowest BCUT2D eigenvalue weighted by atomic mass is 10.6. The Balaban J connectivity index is 2.14. The van der Waals surface area contributed by atoms with Crippen LogP contribution in [0, 0.1) is 0 Å². The minimum atomic E-state index is 0.140. The maximum Gasteiger partial charge on any atom is 0.185 e. The zero-order valence-electron chi connectivity index (χ0n) is 7.76. The van der Waals surface area contributed by atoms with E-state index in [4.69, 9.17) is 11.5 Å². The molecule has 6 heteroatoms. The van der Waals surface area contributed by atoms with Crippen molar-refractivity contribution in [2.75, 3.05) is 12.3 Å². The van der Waals surface area contributed by atoms with Crippen LogP contribution in [-0.4, -0.2) is 28.2 Å². The first-order chi connectivity index (χ1) is 6.79. The molecule has 0 atom stereocenters. The zero-order chi connectivity index (χ0) is 10.2. The van der Waals surface area contributed by atoms with Crippen LogP contribution in [0.1, 0.15) is 5.82 Å². The van der Waals surface area contributed by atoms with E-state index in [1.165, 1.54) is 0 Å². The first-order valence-corrected chi connectivity index (χ1v) is 5.33. The van der Waals surface area contributed by atoms with Crippen LogP contribution in [0.3, 0.4) is 0 Å². The van der Waals surface area contributed by atoms with E-state index >= 15 is 0 Å². The monoisotopic (exact) mass is 211 g/mol. The lowest BCUT2D eigenvalue weighted by Gasteiger charge is -1.97. The van der Waals surface area contributed by atoms with Crippen LogP contribution in [0.2, 0.25) is 0 Å². The zero-order valence-corrected chi connectivity index (χ0v) is 8.57. The molecule has 0 radical (unpaired) electrons. The first-order valence-electron chi connectivity index (χ1n) is 4.18. The quantitative estimate of drug-likeness (QED) is 0.406. The van der Waals surface area contributed by atoms with Crippen LogP contribution in [0.5, 0.6) is 0 Å². The van der Waals surface area contributed by atoms with Gasteiger partial charge in [-0.2, -0.15) is 11.8 Å². The summed E-state index contributed by atoms with van der Waals surface area (Å²) in [6, 6.07) is 1.80. The first kappa shape index (κ1) is 10.8. The maximum atomic E-state index is 5.18. The van der Waals surface area contributed by atoms with Crippen molar-refractivity contribution < 1.29 is 0 Å². The second kappa shape index (κ2) is 6.20. The van der Waals surface area contributed by atoms with Gasteiger partial charge >= 0.3 is 0 Å². The lowest BCUT2D eigenvalue weighted by molar-refractivity contribution is 1.03. The molecule has 1 heterocycles. The van der Waals surface area contributed by atoms with E-state index in [0.29, 0.717) is 6.54 Å². The normalized spacial score (nSPS) is 9.71. The predicted molar refractivity (Wildman–Crippen MR) is 58.9 cm³/mol. The molecule has 0 aromatic carbocycles. The second-order valence-electron chi connectivity index (χ2n) is 2.52. The molecular formula is C8H13N5S. The van der Waals surface area contributed by atoms with Crippen molar-refractivity contribution >= 4 is 17.7 Å². The van der Waals surface area contributed by atoms with Crippen LogP contribution in [-0.2, 0) is 5.75 Å². The number of guanidine groups is 1. The molecule has 14 heavy (non-hydrogen) atoms. The molecular weight excluding hydrogens is 198 g/mol. The van der Waals surface area contributed by atoms with Crippen molar-refractivity contribution in [2.45, 2.75) is 5.75 Å². The standard InChI is InChI=1S/C8H13N5S/c9-8(10)13-4-5-14-6-7-11-2-1-3-12-7/h1-3H,4-6H2,(H4,9,10,13). The Morgan fingerprint density at radius 1 is 1.36 bits per heavy atom. The van der Waals surface area contributed by atoms with Gasteiger partial charge in [0, 0.05) is 18.1 Å². The van der Waals surface area contributed by atoms with Crippen molar-refractivity contribution in [3.63, 3.8) is 0 Å². The topological polar surface area (TPSA) is 90.2 Å². The van der Waals surface area contributed by atoms with Crippen LogP contribution >= 0.6 is 11.8 Å². The summed E-state index contributed by atoms with van der Waals surface area (Å²) in [6.07, 6.45) is 3.47. The van der Waals surface area contributed by atoms with E-state index in [0.717, 1.165) is 17.3 Å². The van der Waals surface area contributed by atoms with E-state index in [2.05, 4.69) is 15.0 Å². The molecule has 0 saturated carbocycles. The molecule has 0 aliphatic carbocycles. The second-order valence-corrected chi connectivity index (χ2v) is 3.63. The van der Waals surface area contributed by atoms with E-state index in [9.17, 15) is 0 Å². The summed E-state index contributed by atoms with van der Waals surface area (Å²) in [5.74, 6) is 2.64. The molecule has 1 rings (SSSR count). The summed E-state index contributed by atoms with van der Waals surface area (Å²) < 4.78 is 0. The number of rotatable bonds is 5. The highest BCUT2D eigenvalue weighted by Gasteiger charge is 1.94. The summed E-state index contributed by atoms with van der Waals surface area (Å²) >= 11 is 1.71. The number of hydrogen-bond donors (Lipinski definition) is 2. The predicted octanol–water partition coefficient (Wildman–Crippen LogP) is -0.0168. The number of aromatic nitrogens is 2. The smallest absolute Gasteiger partial charge is 0.185 e. The number of nitrogens with two attached hydrogens (primary N) is 2. The van der Waals surface area contributed by atoms with Gasteiger partial charge in [0.05, 0.1) is 12.3 Å². The average molecular weight is 211 g/mol. The van der Waals surface area contributed by atoms with Crippen LogP contribution in [0.25, 0.3) is 0 Å². The van der Waals surface area contributed by atoms with Crippen molar-refractivity contribution in [3.8, 4) is 0 Å². The molecule has 0 spiro atoms. The molecule has 0 amide bonds. The largest absolute Gasteiger partial charge is 0.370 e. The fraction of sp³-hybridized carbons (Fsp3) is 0.375. The molecule has 0 unspecified atom stereocenters. The minimum absolute atomic E-state index is 0.140. The molecule has 1 aromatic heterocycles. The molecule has 1 aromatic rings.